The Bertz CT molecular complexity index is 616. The summed E-state index contributed by atoms with van der Waals surface area (Å²) in [5.74, 6) is -1.93. The zero-order valence-corrected chi connectivity index (χ0v) is 10.3. The molecule has 2 unspecified atom stereocenters. The minimum absolute atomic E-state index is 0.0655. The van der Waals surface area contributed by atoms with Crippen molar-refractivity contribution in [2.24, 2.45) is 0 Å². The van der Waals surface area contributed by atoms with Gasteiger partial charge >= 0.3 is 5.69 Å². The fraction of sp³-hybridized carbons (Fsp3) is 0.400. The second-order valence-corrected chi connectivity index (χ2v) is 6.32. The molecule has 2 atom stereocenters. The number of hydrogen-bond donors (Lipinski definition) is 1. The molecule has 0 aromatic heterocycles. The molecule has 0 radical (unpaired) electrons. The molecule has 1 aliphatic heterocycles. The van der Waals surface area contributed by atoms with Crippen LogP contribution in [0.4, 0.5) is 10.1 Å². The zero-order chi connectivity index (χ0) is 14.2. The van der Waals surface area contributed by atoms with Crippen LogP contribution in [0.1, 0.15) is 0 Å². The summed E-state index contributed by atoms with van der Waals surface area (Å²) in [6.45, 7) is 0. The molecular formula is C10H10FNO6S. The molecule has 0 bridgehead atoms. The molecule has 2 rings (SSSR count). The number of aliphatic hydroxyl groups excluding tert-OH is 1. The Morgan fingerprint density at radius 3 is 2.58 bits per heavy atom. The fourth-order valence-electron chi connectivity index (χ4n) is 1.79. The van der Waals surface area contributed by atoms with Crippen molar-refractivity contribution in [1.82, 2.24) is 0 Å². The third kappa shape index (κ3) is 2.99. The Hall–Kier alpha value is -1.74. The van der Waals surface area contributed by atoms with E-state index in [0.717, 1.165) is 18.2 Å². The fourth-order valence-corrected chi connectivity index (χ4v) is 3.46. The van der Waals surface area contributed by atoms with Gasteiger partial charge in [0.2, 0.25) is 5.82 Å². The first kappa shape index (κ1) is 13.7. The number of rotatable bonds is 3. The molecule has 0 aliphatic carbocycles. The standard InChI is InChI=1S/C10H10FNO6S/c11-7-3-6(1-2-8(7)12(14)15)18-10-5-19(16,17)4-9(10)13/h1-3,9-10,13H,4-5H2. The van der Waals surface area contributed by atoms with Crippen molar-refractivity contribution in [3.05, 3.63) is 34.1 Å². The highest BCUT2D eigenvalue weighted by Crippen LogP contribution is 2.25. The van der Waals surface area contributed by atoms with E-state index in [4.69, 9.17) is 4.74 Å². The van der Waals surface area contributed by atoms with Crippen LogP contribution in [0.25, 0.3) is 0 Å². The van der Waals surface area contributed by atoms with Crippen LogP contribution in [0.3, 0.4) is 0 Å². The molecule has 7 nitrogen and oxygen atoms in total. The second kappa shape index (κ2) is 4.74. The van der Waals surface area contributed by atoms with Crippen LogP contribution < -0.4 is 4.74 Å². The van der Waals surface area contributed by atoms with Gasteiger partial charge in [-0.25, -0.2) is 8.42 Å². The van der Waals surface area contributed by atoms with Gasteiger partial charge in [-0.1, -0.05) is 0 Å². The Morgan fingerprint density at radius 1 is 1.42 bits per heavy atom. The minimum Gasteiger partial charge on any atom is -0.487 e. The number of nitrogens with zero attached hydrogens (tertiary/aromatic N) is 1. The second-order valence-electron chi connectivity index (χ2n) is 4.17. The van der Waals surface area contributed by atoms with Crippen LogP contribution >= 0.6 is 0 Å². The normalized spacial score (nSPS) is 25.2. The molecule has 1 aromatic rings. The molecule has 0 saturated carbocycles. The van der Waals surface area contributed by atoms with Gasteiger partial charge in [0, 0.05) is 12.1 Å². The highest BCUT2D eigenvalue weighted by Gasteiger charge is 2.38. The lowest BCUT2D eigenvalue weighted by molar-refractivity contribution is -0.387. The topological polar surface area (TPSA) is 107 Å². The lowest BCUT2D eigenvalue weighted by Crippen LogP contribution is -2.29. The SMILES string of the molecule is O=[N+]([O-])c1ccc(OC2CS(=O)(=O)CC2O)cc1F. The van der Waals surface area contributed by atoms with Crippen molar-refractivity contribution in [2.75, 3.05) is 11.5 Å². The molecule has 19 heavy (non-hydrogen) atoms. The lowest BCUT2D eigenvalue weighted by atomic mass is 10.2. The Kier molecular flexibility index (Phi) is 3.42. The molecule has 104 valence electrons. The molecule has 1 saturated heterocycles. The van der Waals surface area contributed by atoms with Crippen molar-refractivity contribution in [3.63, 3.8) is 0 Å². The van der Waals surface area contributed by atoms with Crippen LogP contribution in [0.2, 0.25) is 0 Å². The number of hydrogen-bond acceptors (Lipinski definition) is 6. The molecular weight excluding hydrogens is 281 g/mol. The van der Waals surface area contributed by atoms with Crippen LogP contribution in [-0.4, -0.2) is 42.2 Å². The number of benzene rings is 1. The van der Waals surface area contributed by atoms with E-state index in [0.29, 0.717) is 0 Å². The molecule has 1 fully saturated rings. The third-order valence-corrected chi connectivity index (χ3v) is 4.36. The van der Waals surface area contributed by atoms with E-state index in [2.05, 4.69) is 0 Å². The summed E-state index contributed by atoms with van der Waals surface area (Å²) in [5, 5.41) is 19.9. The molecule has 1 aliphatic rings. The summed E-state index contributed by atoms with van der Waals surface area (Å²) in [6.07, 6.45) is -2.19. The third-order valence-electron chi connectivity index (χ3n) is 2.68. The summed E-state index contributed by atoms with van der Waals surface area (Å²) in [7, 11) is -3.37. The molecule has 0 amide bonds. The number of aliphatic hydroxyl groups is 1. The highest BCUT2D eigenvalue weighted by atomic mass is 32.2. The predicted octanol–water partition coefficient (Wildman–Crippen LogP) is 0.271. The number of nitro benzene ring substituents is 1. The number of nitro groups is 1. The average molecular weight is 291 g/mol. The maximum absolute atomic E-state index is 13.3. The van der Waals surface area contributed by atoms with E-state index >= 15 is 0 Å². The van der Waals surface area contributed by atoms with Gasteiger partial charge in [0.05, 0.1) is 16.4 Å². The van der Waals surface area contributed by atoms with E-state index in [9.17, 15) is 28.0 Å². The first-order valence-corrected chi connectivity index (χ1v) is 7.10. The van der Waals surface area contributed by atoms with E-state index < -0.39 is 44.2 Å². The minimum atomic E-state index is -3.37. The van der Waals surface area contributed by atoms with E-state index in [-0.39, 0.29) is 11.5 Å². The Labute approximate surface area is 107 Å². The van der Waals surface area contributed by atoms with E-state index in [1.165, 1.54) is 0 Å². The maximum atomic E-state index is 13.3. The van der Waals surface area contributed by atoms with Crippen LogP contribution in [0.15, 0.2) is 18.2 Å². The summed E-state index contributed by atoms with van der Waals surface area (Å²) in [5.41, 5.74) is -0.702. The lowest BCUT2D eigenvalue weighted by Gasteiger charge is -2.15. The van der Waals surface area contributed by atoms with E-state index in [1.54, 1.807) is 0 Å². The van der Waals surface area contributed by atoms with Gasteiger partial charge in [-0.05, 0) is 6.07 Å². The van der Waals surface area contributed by atoms with Crippen molar-refractivity contribution in [3.8, 4) is 5.75 Å². The van der Waals surface area contributed by atoms with Gasteiger partial charge in [0.15, 0.2) is 9.84 Å². The van der Waals surface area contributed by atoms with Gasteiger partial charge < -0.3 is 9.84 Å². The molecule has 1 N–H and O–H groups in total. The zero-order valence-electron chi connectivity index (χ0n) is 9.52. The molecule has 9 heteroatoms. The molecule has 1 aromatic carbocycles. The summed E-state index contributed by atoms with van der Waals surface area (Å²) in [6, 6.07) is 2.86. The van der Waals surface area contributed by atoms with Crippen molar-refractivity contribution in [1.29, 1.82) is 0 Å². The Balaban J connectivity index is 2.17. The number of ether oxygens (including phenoxy) is 1. The van der Waals surface area contributed by atoms with Gasteiger partial charge in [0.1, 0.15) is 18.0 Å². The number of halogens is 1. The van der Waals surface area contributed by atoms with Gasteiger partial charge in [-0.2, -0.15) is 4.39 Å². The van der Waals surface area contributed by atoms with Crippen LogP contribution in [-0.2, 0) is 9.84 Å². The molecule has 0 spiro atoms. The van der Waals surface area contributed by atoms with Gasteiger partial charge in [-0.3, -0.25) is 10.1 Å². The molecule has 1 heterocycles. The maximum Gasteiger partial charge on any atom is 0.305 e. The first-order valence-electron chi connectivity index (χ1n) is 5.27. The van der Waals surface area contributed by atoms with Gasteiger partial charge in [0.25, 0.3) is 0 Å². The summed E-state index contributed by atoms with van der Waals surface area (Å²) in [4.78, 5) is 9.54. The predicted molar refractivity (Wildman–Crippen MR) is 62.1 cm³/mol. The van der Waals surface area contributed by atoms with Crippen molar-refractivity contribution >= 4 is 15.5 Å². The van der Waals surface area contributed by atoms with Crippen molar-refractivity contribution < 1.29 is 27.6 Å². The largest absolute Gasteiger partial charge is 0.487 e. The quantitative estimate of drug-likeness (QED) is 0.633. The van der Waals surface area contributed by atoms with Gasteiger partial charge in [-0.15, -0.1) is 0 Å². The monoisotopic (exact) mass is 291 g/mol. The number of sulfone groups is 1. The smallest absolute Gasteiger partial charge is 0.305 e. The first-order chi connectivity index (χ1) is 8.78. The highest BCUT2D eigenvalue weighted by molar-refractivity contribution is 7.91. The van der Waals surface area contributed by atoms with Crippen molar-refractivity contribution in [2.45, 2.75) is 12.2 Å². The average Bonchev–Trinajstić information content (AvgIpc) is 2.51. The van der Waals surface area contributed by atoms with Crippen LogP contribution in [0, 0.1) is 15.9 Å². The van der Waals surface area contributed by atoms with Crippen LogP contribution in [0.5, 0.6) is 5.75 Å². The Morgan fingerprint density at radius 2 is 2.11 bits per heavy atom. The van der Waals surface area contributed by atoms with E-state index in [1.807, 2.05) is 0 Å². The summed E-state index contributed by atoms with van der Waals surface area (Å²) >= 11 is 0. The summed E-state index contributed by atoms with van der Waals surface area (Å²) < 4.78 is 41.0.